The zero-order chi connectivity index (χ0) is 13.0. The Labute approximate surface area is 110 Å². The molecule has 3 N–H and O–H groups in total. The lowest BCUT2D eigenvalue weighted by atomic mass is 10.1. The van der Waals surface area contributed by atoms with E-state index in [4.69, 9.17) is 5.73 Å². The lowest BCUT2D eigenvalue weighted by Crippen LogP contribution is -2.38. The van der Waals surface area contributed by atoms with Gasteiger partial charge in [0.25, 0.3) is 0 Å². The molecule has 1 aromatic rings. The maximum atomic E-state index is 5.96. The molecule has 4 nitrogen and oxygen atoms in total. The molecule has 100 valence electrons. The van der Waals surface area contributed by atoms with E-state index in [9.17, 15) is 0 Å². The van der Waals surface area contributed by atoms with Crippen molar-refractivity contribution in [2.75, 3.05) is 30.7 Å². The van der Waals surface area contributed by atoms with E-state index in [1.807, 2.05) is 19.2 Å². The summed E-state index contributed by atoms with van der Waals surface area (Å²) in [6.07, 6.45) is 5.90. The average molecular weight is 248 g/mol. The van der Waals surface area contributed by atoms with Crippen LogP contribution in [0.2, 0.25) is 0 Å². The minimum Gasteiger partial charge on any atom is -0.396 e. The molecule has 0 aromatic carbocycles. The summed E-state index contributed by atoms with van der Waals surface area (Å²) >= 11 is 0. The molecule has 1 fully saturated rings. The zero-order valence-corrected chi connectivity index (χ0v) is 11.4. The highest BCUT2D eigenvalue weighted by molar-refractivity contribution is 5.61. The smallest absolute Gasteiger partial charge is 0.149 e. The highest BCUT2D eigenvalue weighted by Crippen LogP contribution is 2.17. The van der Waals surface area contributed by atoms with E-state index in [0.717, 1.165) is 23.6 Å². The van der Waals surface area contributed by atoms with Crippen molar-refractivity contribution in [1.82, 2.24) is 9.88 Å². The van der Waals surface area contributed by atoms with Gasteiger partial charge in [0.1, 0.15) is 5.82 Å². The van der Waals surface area contributed by atoms with E-state index in [1.165, 1.54) is 32.4 Å². The maximum absolute atomic E-state index is 5.96. The van der Waals surface area contributed by atoms with E-state index in [2.05, 4.69) is 22.1 Å². The van der Waals surface area contributed by atoms with Crippen LogP contribution < -0.4 is 11.1 Å². The Morgan fingerprint density at radius 3 is 2.78 bits per heavy atom. The van der Waals surface area contributed by atoms with Crippen LogP contribution in [0.4, 0.5) is 11.5 Å². The average Bonchev–Trinajstić information content (AvgIpc) is 2.34. The van der Waals surface area contributed by atoms with Crippen molar-refractivity contribution < 1.29 is 0 Å². The Morgan fingerprint density at radius 1 is 1.39 bits per heavy atom. The number of rotatable bonds is 4. The van der Waals surface area contributed by atoms with Crippen LogP contribution in [-0.2, 0) is 0 Å². The molecule has 0 bridgehead atoms. The summed E-state index contributed by atoms with van der Waals surface area (Å²) in [6, 6.07) is 2.34. The molecule has 1 atom stereocenters. The van der Waals surface area contributed by atoms with Gasteiger partial charge in [-0.3, -0.25) is 0 Å². The summed E-state index contributed by atoms with van der Waals surface area (Å²) in [4.78, 5) is 6.88. The Hall–Kier alpha value is -1.29. The second-order valence-corrected chi connectivity index (χ2v) is 5.36. The quantitative estimate of drug-likeness (QED) is 0.858. The van der Waals surface area contributed by atoms with Crippen LogP contribution in [0, 0.1) is 6.92 Å². The van der Waals surface area contributed by atoms with Crippen LogP contribution >= 0.6 is 0 Å². The van der Waals surface area contributed by atoms with E-state index < -0.39 is 0 Å². The third kappa shape index (κ3) is 3.60. The van der Waals surface area contributed by atoms with Gasteiger partial charge < -0.3 is 16.0 Å². The molecule has 0 amide bonds. The minimum absolute atomic E-state index is 0.376. The van der Waals surface area contributed by atoms with Crippen molar-refractivity contribution in [2.45, 2.75) is 39.2 Å². The molecule has 0 aliphatic carbocycles. The number of nitrogens with two attached hydrogens (primary N) is 1. The van der Waals surface area contributed by atoms with Crippen LogP contribution in [0.25, 0.3) is 0 Å². The fourth-order valence-electron chi connectivity index (χ4n) is 2.52. The summed E-state index contributed by atoms with van der Waals surface area (Å²) in [6.45, 7) is 7.71. The van der Waals surface area contributed by atoms with Crippen LogP contribution in [-0.4, -0.2) is 35.6 Å². The highest BCUT2D eigenvalue weighted by Gasteiger charge is 2.14. The number of anilines is 2. The predicted octanol–water partition coefficient (Wildman–Crippen LogP) is 2.26. The highest BCUT2D eigenvalue weighted by atomic mass is 15.2. The molecule has 1 aliphatic rings. The van der Waals surface area contributed by atoms with Gasteiger partial charge in [0, 0.05) is 18.8 Å². The number of hydrogen-bond acceptors (Lipinski definition) is 4. The first kappa shape index (κ1) is 13.1. The summed E-state index contributed by atoms with van der Waals surface area (Å²) in [5, 5.41) is 3.41. The minimum atomic E-state index is 0.376. The first-order valence-electron chi connectivity index (χ1n) is 6.86. The topological polar surface area (TPSA) is 54.2 Å². The van der Waals surface area contributed by atoms with Crippen molar-refractivity contribution in [2.24, 2.45) is 0 Å². The van der Waals surface area contributed by atoms with Crippen LogP contribution in [0.5, 0.6) is 0 Å². The molecule has 0 saturated carbocycles. The van der Waals surface area contributed by atoms with Gasteiger partial charge in [-0.2, -0.15) is 0 Å². The van der Waals surface area contributed by atoms with Gasteiger partial charge >= 0.3 is 0 Å². The number of nitrogen functional groups attached to an aromatic ring is 1. The van der Waals surface area contributed by atoms with Crippen molar-refractivity contribution >= 4 is 11.5 Å². The second kappa shape index (κ2) is 6.05. The molecule has 1 saturated heterocycles. The Balaban J connectivity index is 1.87. The fourth-order valence-corrected chi connectivity index (χ4v) is 2.52. The second-order valence-electron chi connectivity index (χ2n) is 5.36. The Kier molecular flexibility index (Phi) is 4.42. The van der Waals surface area contributed by atoms with Gasteiger partial charge in [0.05, 0.1) is 5.69 Å². The number of aromatic nitrogens is 1. The maximum Gasteiger partial charge on any atom is 0.149 e. The van der Waals surface area contributed by atoms with Gasteiger partial charge in [0.15, 0.2) is 0 Å². The summed E-state index contributed by atoms with van der Waals surface area (Å²) in [7, 11) is 0. The number of nitrogens with one attached hydrogen (secondary N) is 1. The number of pyridine rings is 1. The van der Waals surface area contributed by atoms with Crippen molar-refractivity contribution in [3.63, 3.8) is 0 Å². The van der Waals surface area contributed by atoms with Gasteiger partial charge in [-0.1, -0.05) is 6.42 Å². The van der Waals surface area contributed by atoms with Crippen molar-refractivity contribution in [3.8, 4) is 0 Å². The number of aryl methyl sites for hydroxylation is 1. The van der Waals surface area contributed by atoms with Crippen molar-refractivity contribution in [1.29, 1.82) is 0 Å². The van der Waals surface area contributed by atoms with Crippen LogP contribution in [0.15, 0.2) is 12.3 Å². The van der Waals surface area contributed by atoms with Gasteiger partial charge in [-0.05, 0) is 51.4 Å². The number of likely N-dealkylation sites (tertiary alicyclic amines) is 1. The number of nitrogens with zero attached hydrogens (tertiary/aromatic N) is 2. The number of piperidine rings is 1. The molecular formula is C14H24N4. The molecule has 0 radical (unpaired) electrons. The molecule has 0 spiro atoms. The van der Waals surface area contributed by atoms with Crippen molar-refractivity contribution in [3.05, 3.63) is 17.8 Å². The zero-order valence-electron chi connectivity index (χ0n) is 11.4. The molecule has 2 rings (SSSR count). The summed E-state index contributed by atoms with van der Waals surface area (Å²) < 4.78 is 0. The van der Waals surface area contributed by atoms with E-state index >= 15 is 0 Å². The normalized spacial score (nSPS) is 18.6. The van der Waals surface area contributed by atoms with E-state index in [0.29, 0.717) is 6.04 Å². The first-order valence-corrected chi connectivity index (χ1v) is 6.86. The first-order chi connectivity index (χ1) is 8.65. The summed E-state index contributed by atoms with van der Waals surface area (Å²) in [5.74, 6) is 0.810. The van der Waals surface area contributed by atoms with Gasteiger partial charge in [-0.25, -0.2) is 4.98 Å². The van der Waals surface area contributed by atoms with Gasteiger partial charge in [0.2, 0.25) is 0 Å². The fraction of sp³-hybridized carbons (Fsp3) is 0.643. The standard InChI is InChI=1S/C14H24N4/c1-11-8-13(15)14(16-9-11)17-12(2)10-18-6-4-3-5-7-18/h8-9,12H,3-7,10,15H2,1-2H3,(H,16,17). The van der Waals surface area contributed by atoms with E-state index in [-0.39, 0.29) is 0 Å². The van der Waals surface area contributed by atoms with Crippen LogP contribution in [0.1, 0.15) is 31.7 Å². The third-order valence-corrected chi connectivity index (χ3v) is 3.42. The molecule has 4 heteroatoms. The monoisotopic (exact) mass is 248 g/mol. The van der Waals surface area contributed by atoms with Crippen LogP contribution in [0.3, 0.4) is 0 Å². The largest absolute Gasteiger partial charge is 0.396 e. The lowest BCUT2D eigenvalue weighted by Gasteiger charge is -2.29. The molecule has 1 aromatic heterocycles. The lowest BCUT2D eigenvalue weighted by molar-refractivity contribution is 0.223. The Bertz CT molecular complexity index is 385. The molecular weight excluding hydrogens is 224 g/mol. The summed E-state index contributed by atoms with van der Waals surface area (Å²) in [5.41, 5.74) is 7.80. The van der Waals surface area contributed by atoms with E-state index in [1.54, 1.807) is 0 Å². The molecule has 18 heavy (non-hydrogen) atoms. The van der Waals surface area contributed by atoms with Gasteiger partial charge in [-0.15, -0.1) is 0 Å². The molecule has 1 aliphatic heterocycles. The molecule has 1 unspecified atom stereocenters. The Morgan fingerprint density at radius 2 is 2.11 bits per heavy atom. The molecule has 2 heterocycles. The SMILES string of the molecule is Cc1cnc(NC(C)CN2CCCCC2)c(N)c1. The predicted molar refractivity (Wildman–Crippen MR) is 76.8 cm³/mol. The third-order valence-electron chi connectivity index (χ3n) is 3.42. The number of hydrogen-bond donors (Lipinski definition) is 2.